The second kappa shape index (κ2) is 3.25. The highest BCUT2D eigenvalue weighted by Gasteiger charge is 2.15. The van der Waals surface area contributed by atoms with Gasteiger partial charge in [-0.05, 0) is 17.6 Å². The minimum atomic E-state index is 0.156. The lowest BCUT2D eigenvalue weighted by atomic mass is 9.98. The summed E-state index contributed by atoms with van der Waals surface area (Å²) in [7, 11) is 0. The van der Waals surface area contributed by atoms with E-state index in [0.717, 1.165) is 10.6 Å². The Hall–Kier alpha value is -0.870. The fraction of sp³-hybridized carbons (Fsp3) is 0.125. The topological polar surface area (TPSA) is 25.8 Å². The molecule has 0 spiro atoms. The van der Waals surface area contributed by atoms with Gasteiger partial charge in [0, 0.05) is 10.2 Å². The molecule has 0 saturated carbocycles. The van der Waals surface area contributed by atoms with Crippen molar-refractivity contribution in [1.29, 1.82) is 0 Å². The van der Waals surface area contributed by atoms with E-state index in [1.54, 1.807) is 0 Å². The monoisotopic (exact) mass is 194 g/mol. The van der Waals surface area contributed by atoms with Gasteiger partial charge >= 0.3 is 0 Å². The molecule has 0 N–H and O–H groups in total. The molecule has 0 radical (unpaired) electrons. The van der Waals surface area contributed by atoms with E-state index < -0.39 is 0 Å². The lowest BCUT2D eigenvalue weighted by Gasteiger charge is -2.09. The van der Waals surface area contributed by atoms with Gasteiger partial charge in [-0.3, -0.25) is 0 Å². The molecule has 1 aliphatic carbocycles. The number of rotatable bonds is 1. The molecule has 2 rings (SSSR count). The molecule has 1 aromatic heterocycles. The minimum Gasteiger partial charge on any atom is -0.142 e. The lowest BCUT2D eigenvalue weighted by Crippen LogP contribution is -2.07. The summed E-state index contributed by atoms with van der Waals surface area (Å²) in [5.41, 5.74) is 0.950. The zero-order valence-corrected chi connectivity index (χ0v) is 7.81. The van der Waals surface area contributed by atoms with Crippen LogP contribution < -0.4 is 0 Å². The van der Waals surface area contributed by atoms with Gasteiger partial charge in [-0.1, -0.05) is 34.9 Å². The van der Waals surface area contributed by atoms with Crippen molar-refractivity contribution in [1.82, 2.24) is 9.59 Å². The maximum atomic E-state index is 5.17. The molecule has 60 valence electrons. The molecule has 0 aliphatic heterocycles. The van der Waals surface area contributed by atoms with Gasteiger partial charge in [0.05, 0.1) is 11.6 Å². The predicted octanol–water partition coefficient (Wildman–Crippen LogP) is 2.12. The highest BCUT2D eigenvalue weighted by atomic mass is 32.1. The van der Waals surface area contributed by atoms with E-state index in [-0.39, 0.29) is 5.92 Å². The maximum Gasteiger partial charge on any atom is 0.0876 e. The average molecular weight is 194 g/mol. The van der Waals surface area contributed by atoms with Gasteiger partial charge in [0.2, 0.25) is 0 Å². The average Bonchev–Trinajstić information content (AvgIpc) is 2.57. The molecular weight excluding hydrogens is 188 g/mol. The van der Waals surface area contributed by atoms with E-state index in [1.165, 1.54) is 11.5 Å². The molecule has 4 heteroatoms. The summed E-state index contributed by atoms with van der Waals surface area (Å²) >= 11 is 6.53. The zero-order chi connectivity index (χ0) is 8.39. The molecule has 1 heterocycles. The third-order valence-electron chi connectivity index (χ3n) is 1.68. The van der Waals surface area contributed by atoms with Crippen molar-refractivity contribution in [2.24, 2.45) is 0 Å². The van der Waals surface area contributed by atoms with Crippen LogP contribution in [0.4, 0.5) is 0 Å². The second-order valence-corrected chi connectivity index (χ2v) is 3.54. The van der Waals surface area contributed by atoms with Crippen molar-refractivity contribution < 1.29 is 0 Å². The van der Waals surface area contributed by atoms with Crippen LogP contribution in [-0.4, -0.2) is 14.5 Å². The quantitative estimate of drug-likeness (QED) is 0.640. The van der Waals surface area contributed by atoms with Crippen molar-refractivity contribution in [3.05, 3.63) is 35.4 Å². The summed E-state index contributed by atoms with van der Waals surface area (Å²) in [4.78, 5) is 0.908. The normalized spacial score (nSPS) is 21.7. The van der Waals surface area contributed by atoms with Crippen molar-refractivity contribution in [3.63, 3.8) is 0 Å². The van der Waals surface area contributed by atoms with Gasteiger partial charge in [-0.15, -0.1) is 5.10 Å². The molecule has 12 heavy (non-hydrogen) atoms. The van der Waals surface area contributed by atoms with Crippen LogP contribution in [0, 0.1) is 0 Å². The Balaban J connectivity index is 2.31. The molecule has 1 aliphatic rings. The van der Waals surface area contributed by atoms with Crippen LogP contribution in [0.1, 0.15) is 11.6 Å². The Morgan fingerprint density at radius 2 is 2.33 bits per heavy atom. The van der Waals surface area contributed by atoms with E-state index in [2.05, 4.69) is 9.59 Å². The predicted molar refractivity (Wildman–Crippen MR) is 53.5 cm³/mol. The van der Waals surface area contributed by atoms with Crippen LogP contribution in [0.2, 0.25) is 0 Å². The third-order valence-corrected chi connectivity index (χ3v) is 2.59. The van der Waals surface area contributed by atoms with Gasteiger partial charge in [-0.25, -0.2) is 0 Å². The maximum absolute atomic E-state index is 5.17. The largest absolute Gasteiger partial charge is 0.142 e. The Labute approximate surface area is 79.8 Å². The zero-order valence-electron chi connectivity index (χ0n) is 6.18. The summed E-state index contributed by atoms with van der Waals surface area (Å²) in [6.45, 7) is 0. The van der Waals surface area contributed by atoms with Crippen molar-refractivity contribution in [2.75, 3.05) is 0 Å². The summed E-state index contributed by atoms with van der Waals surface area (Å²) < 4.78 is 3.81. The van der Waals surface area contributed by atoms with E-state index in [4.69, 9.17) is 12.2 Å². The Morgan fingerprint density at radius 1 is 1.42 bits per heavy atom. The van der Waals surface area contributed by atoms with Crippen LogP contribution in [0.5, 0.6) is 0 Å². The first-order valence-electron chi connectivity index (χ1n) is 3.53. The molecule has 2 nitrogen and oxygen atoms in total. The lowest BCUT2D eigenvalue weighted by molar-refractivity contribution is 0.996. The standard InChI is InChI=1S/C8H6N2S2/c11-8-4-2-1-3-6(8)7-5-12-10-9-7/h1-6H. The summed E-state index contributed by atoms with van der Waals surface area (Å²) in [5.74, 6) is 0.156. The molecule has 1 unspecified atom stereocenters. The Kier molecular flexibility index (Phi) is 2.10. The molecule has 0 saturated heterocycles. The van der Waals surface area contributed by atoms with Crippen molar-refractivity contribution in [2.45, 2.75) is 5.92 Å². The van der Waals surface area contributed by atoms with Gasteiger partial charge < -0.3 is 0 Å². The third kappa shape index (κ3) is 1.35. The molecule has 0 aromatic carbocycles. The first-order valence-corrected chi connectivity index (χ1v) is 4.78. The van der Waals surface area contributed by atoms with Gasteiger partial charge in [0.15, 0.2) is 0 Å². The first kappa shape index (κ1) is 7.76. The molecule has 0 amide bonds. The summed E-state index contributed by atoms with van der Waals surface area (Å²) in [6.07, 6.45) is 7.90. The Bertz CT molecular complexity index is 338. The molecule has 1 atom stereocenters. The summed E-state index contributed by atoms with van der Waals surface area (Å²) in [5, 5.41) is 5.92. The Morgan fingerprint density at radius 3 is 3.00 bits per heavy atom. The van der Waals surface area contributed by atoms with E-state index in [0.29, 0.717) is 0 Å². The number of thiocarbonyl (C=S) groups is 1. The highest BCUT2D eigenvalue weighted by molar-refractivity contribution is 7.80. The fourth-order valence-electron chi connectivity index (χ4n) is 1.08. The van der Waals surface area contributed by atoms with Crippen LogP contribution in [0.15, 0.2) is 29.7 Å². The number of nitrogens with zero attached hydrogens (tertiary/aromatic N) is 2. The van der Waals surface area contributed by atoms with Gasteiger partial charge in [0.1, 0.15) is 0 Å². The van der Waals surface area contributed by atoms with E-state index >= 15 is 0 Å². The first-order chi connectivity index (χ1) is 5.88. The second-order valence-electron chi connectivity index (χ2n) is 2.45. The van der Waals surface area contributed by atoms with Crippen LogP contribution in [0.25, 0.3) is 0 Å². The van der Waals surface area contributed by atoms with Crippen LogP contribution in [-0.2, 0) is 0 Å². The molecule has 0 fully saturated rings. The number of allylic oxidation sites excluding steroid dienone is 4. The van der Waals surface area contributed by atoms with Gasteiger partial charge in [-0.2, -0.15) is 0 Å². The van der Waals surface area contributed by atoms with E-state index in [9.17, 15) is 0 Å². The summed E-state index contributed by atoms with van der Waals surface area (Å²) in [6, 6.07) is 0. The number of hydrogen-bond acceptors (Lipinski definition) is 4. The smallest absolute Gasteiger partial charge is 0.0876 e. The van der Waals surface area contributed by atoms with Gasteiger partial charge in [0.25, 0.3) is 0 Å². The molecule has 1 aromatic rings. The number of hydrogen-bond donors (Lipinski definition) is 0. The number of aromatic nitrogens is 2. The molecule has 0 bridgehead atoms. The van der Waals surface area contributed by atoms with Crippen LogP contribution >= 0.6 is 23.8 Å². The van der Waals surface area contributed by atoms with E-state index in [1.807, 2.05) is 29.7 Å². The fourth-order valence-corrected chi connectivity index (χ4v) is 1.84. The minimum absolute atomic E-state index is 0.156. The van der Waals surface area contributed by atoms with Crippen LogP contribution in [0.3, 0.4) is 0 Å². The van der Waals surface area contributed by atoms with Crippen molar-refractivity contribution in [3.8, 4) is 0 Å². The molecular formula is C8H6N2S2. The highest BCUT2D eigenvalue weighted by Crippen LogP contribution is 2.21. The van der Waals surface area contributed by atoms with Crippen molar-refractivity contribution >= 4 is 28.6 Å². The SMILES string of the molecule is S=C1C=CC=CC1c1csnn1.